The molecule has 1 rings (SSSR count). The number of hydrogen-bond donors (Lipinski definition) is 1. The van der Waals surface area contributed by atoms with E-state index >= 15 is 0 Å². The van der Waals surface area contributed by atoms with Crippen LogP contribution in [-0.4, -0.2) is 18.3 Å². The first-order chi connectivity index (χ1) is 8.43. The Morgan fingerprint density at radius 1 is 1.39 bits per heavy atom. The maximum atomic E-state index is 11.7. The van der Waals surface area contributed by atoms with Crippen LogP contribution < -0.4 is 5.32 Å². The van der Waals surface area contributed by atoms with Crippen molar-refractivity contribution in [2.75, 3.05) is 12.4 Å². The lowest BCUT2D eigenvalue weighted by Gasteiger charge is -2.21. The Morgan fingerprint density at radius 2 is 2.11 bits per heavy atom. The quantitative estimate of drug-likeness (QED) is 0.788. The number of amides is 1. The summed E-state index contributed by atoms with van der Waals surface area (Å²) in [6, 6.07) is 8.27. The highest BCUT2D eigenvalue weighted by atomic mass is 35.5. The average Bonchev–Trinajstić information content (AvgIpc) is 2.34. The third-order valence-corrected chi connectivity index (χ3v) is 3.57. The van der Waals surface area contributed by atoms with Crippen molar-refractivity contribution in [1.29, 1.82) is 0 Å². The fourth-order valence-corrected chi connectivity index (χ4v) is 1.69. The molecule has 3 heteroatoms. The Kier molecular flexibility index (Phi) is 5.67. The molecule has 0 unspecified atom stereocenters. The van der Waals surface area contributed by atoms with Crippen molar-refractivity contribution >= 4 is 17.5 Å². The monoisotopic (exact) mass is 267 g/mol. The highest BCUT2D eigenvalue weighted by Gasteiger charge is 2.17. The molecule has 1 N–H and O–H groups in total. The van der Waals surface area contributed by atoms with Gasteiger partial charge < -0.3 is 5.32 Å². The van der Waals surface area contributed by atoms with E-state index in [2.05, 4.69) is 30.4 Å². The summed E-state index contributed by atoms with van der Waals surface area (Å²) >= 11 is 5.82. The molecule has 1 aromatic rings. The first kappa shape index (κ1) is 15.0. The van der Waals surface area contributed by atoms with E-state index in [1.165, 1.54) is 11.1 Å². The number of rotatable bonds is 6. The highest BCUT2D eigenvalue weighted by Crippen LogP contribution is 2.15. The number of carbonyl (C=O) groups excluding carboxylic acids is 1. The Bertz CT molecular complexity index is 401. The van der Waals surface area contributed by atoms with Gasteiger partial charge in [0.2, 0.25) is 5.91 Å². The Labute approximate surface area is 115 Å². The van der Waals surface area contributed by atoms with Crippen LogP contribution in [0.25, 0.3) is 0 Å². The van der Waals surface area contributed by atoms with Crippen LogP contribution in [-0.2, 0) is 11.2 Å². The summed E-state index contributed by atoms with van der Waals surface area (Å²) in [5, 5.41) is 2.94. The van der Waals surface area contributed by atoms with Crippen LogP contribution in [0, 0.1) is 12.3 Å². The van der Waals surface area contributed by atoms with Crippen LogP contribution in [0.5, 0.6) is 0 Å². The van der Waals surface area contributed by atoms with Crippen LogP contribution in [0.4, 0.5) is 0 Å². The number of halogens is 1. The Hall–Kier alpha value is -1.02. The van der Waals surface area contributed by atoms with Crippen LogP contribution in [0.15, 0.2) is 24.3 Å². The molecule has 0 saturated heterocycles. The maximum absolute atomic E-state index is 11.7. The summed E-state index contributed by atoms with van der Waals surface area (Å²) in [7, 11) is 0. The first-order valence-electron chi connectivity index (χ1n) is 6.31. The van der Waals surface area contributed by atoms with Crippen molar-refractivity contribution in [2.24, 2.45) is 5.41 Å². The minimum Gasteiger partial charge on any atom is -0.356 e. The second-order valence-corrected chi connectivity index (χ2v) is 5.83. The van der Waals surface area contributed by atoms with Crippen molar-refractivity contribution in [3.8, 4) is 0 Å². The summed E-state index contributed by atoms with van der Waals surface area (Å²) in [6.07, 6.45) is 1.32. The molecular formula is C15H22ClNO. The molecule has 1 amide bonds. The standard InChI is InChI=1S/C15H22ClNO/c1-12-5-4-6-13(9-12)7-8-14(18)17-11-15(2,3)10-16/h4-6,9H,7-8,10-11H2,1-3H3,(H,17,18). The number of nitrogens with one attached hydrogen (secondary N) is 1. The minimum absolute atomic E-state index is 0.0411. The molecule has 0 heterocycles. The summed E-state index contributed by atoms with van der Waals surface area (Å²) in [5.41, 5.74) is 2.40. The predicted octanol–water partition coefficient (Wildman–Crippen LogP) is 3.31. The average molecular weight is 268 g/mol. The van der Waals surface area contributed by atoms with Gasteiger partial charge in [-0.25, -0.2) is 0 Å². The molecule has 0 aromatic heterocycles. The van der Waals surface area contributed by atoms with Gasteiger partial charge in [-0.3, -0.25) is 4.79 Å². The maximum Gasteiger partial charge on any atom is 0.220 e. The minimum atomic E-state index is -0.0411. The van der Waals surface area contributed by atoms with E-state index < -0.39 is 0 Å². The molecule has 1 aromatic carbocycles. The predicted molar refractivity (Wildman–Crippen MR) is 77.0 cm³/mol. The molecule has 0 aliphatic carbocycles. The number of alkyl halides is 1. The SMILES string of the molecule is Cc1cccc(CCC(=O)NCC(C)(C)CCl)c1. The van der Waals surface area contributed by atoms with Crippen LogP contribution in [0.3, 0.4) is 0 Å². The number of hydrogen-bond acceptors (Lipinski definition) is 1. The van der Waals surface area contributed by atoms with Gasteiger partial charge in [-0.2, -0.15) is 0 Å². The molecule has 2 nitrogen and oxygen atoms in total. The van der Waals surface area contributed by atoms with Gasteiger partial charge in [0, 0.05) is 18.8 Å². The molecule has 0 atom stereocenters. The molecule has 18 heavy (non-hydrogen) atoms. The molecule has 0 spiro atoms. The highest BCUT2D eigenvalue weighted by molar-refractivity contribution is 6.18. The van der Waals surface area contributed by atoms with Gasteiger partial charge in [-0.1, -0.05) is 43.7 Å². The zero-order valence-corrected chi connectivity index (χ0v) is 12.2. The fraction of sp³-hybridized carbons (Fsp3) is 0.533. The molecule has 0 aliphatic heterocycles. The summed E-state index contributed by atoms with van der Waals surface area (Å²) in [4.78, 5) is 11.7. The van der Waals surface area contributed by atoms with Crippen molar-refractivity contribution in [1.82, 2.24) is 5.32 Å². The van der Waals surface area contributed by atoms with Crippen LogP contribution in [0.2, 0.25) is 0 Å². The van der Waals surface area contributed by atoms with E-state index in [4.69, 9.17) is 11.6 Å². The van der Waals surface area contributed by atoms with Crippen molar-refractivity contribution < 1.29 is 4.79 Å². The fourth-order valence-electron chi connectivity index (χ4n) is 1.60. The van der Waals surface area contributed by atoms with Crippen molar-refractivity contribution in [2.45, 2.75) is 33.6 Å². The third kappa shape index (κ3) is 5.54. The van der Waals surface area contributed by atoms with Crippen LogP contribution in [0.1, 0.15) is 31.4 Å². The van der Waals surface area contributed by atoms with Gasteiger partial charge in [-0.05, 0) is 24.3 Å². The van der Waals surface area contributed by atoms with Gasteiger partial charge in [0.05, 0.1) is 0 Å². The van der Waals surface area contributed by atoms with Gasteiger partial charge in [-0.15, -0.1) is 11.6 Å². The van der Waals surface area contributed by atoms with E-state index in [1.54, 1.807) is 0 Å². The zero-order valence-electron chi connectivity index (χ0n) is 11.4. The lowest BCUT2D eigenvalue weighted by molar-refractivity contribution is -0.121. The van der Waals surface area contributed by atoms with Gasteiger partial charge in [0.15, 0.2) is 0 Å². The lowest BCUT2D eigenvalue weighted by Crippen LogP contribution is -2.35. The van der Waals surface area contributed by atoms with Crippen molar-refractivity contribution in [3.63, 3.8) is 0 Å². The van der Waals surface area contributed by atoms with E-state index in [0.717, 1.165) is 6.42 Å². The van der Waals surface area contributed by atoms with E-state index in [-0.39, 0.29) is 11.3 Å². The molecule has 0 aliphatic rings. The molecule has 0 fully saturated rings. The number of aryl methyl sites for hydroxylation is 2. The molecule has 0 bridgehead atoms. The molecule has 0 radical (unpaired) electrons. The van der Waals surface area contributed by atoms with E-state index in [1.807, 2.05) is 19.9 Å². The normalized spacial score (nSPS) is 11.3. The Balaban J connectivity index is 2.34. The smallest absolute Gasteiger partial charge is 0.220 e. The van der Waals surface area contributed by atoms with Crippen LogP contribution >= 0.6 is 11.6 Å². The number of benzene rings is 1. The topological polar surface area (TPSA) is 29.1 Å². The second kappa shape index (κ2) is 6.79. The second-order valence-electron chi connectivity index (χ2n) is 5.56. The van der Waals surface area contributed by atoms with Gasteiger partial charge in [0.1, 0.15) is 0 Å². The summed E-state index contributed by atoms with van der Waals surface area (Å²) < 4.78 is 0. The van der Waals surface area contributed by atoms with Gasteiger partial charge >= 0.3 is 0 Å². The molecule has 0 saturated carbocycles. The lowest BCUT2D eigenvalue weighted by atomic mass is 9.96. The third-order valence-electron chi connectivity index (χ3n) is 2.85. The largest absolute Gasteiger partial charge is 0.356 e. The zero-order chi connectivity index (χ0) is 13.6. The molecule has 100 valence electrons. The first-order valence-corrected chi connectivity index (χ1v) is 6.85. The summed E-state index contributed by atoms with van der Waals surface area (Å²) in [5.74, 6) is 0.639. The van der Waals surface area contributed by atoms with Gasteiger partial charge in [0.25, 0.3) is 0 Å². The summed E-state index contributed by atoms with van der Waals surface area (Å²) in [6.45, 7) is 6.78. The van der Waals surface area contributed by atoms with E-state index in [0.29, 0.717) is 18.8 Å². The number of carbonyl (C=O) groups is 1. The Morgan fingerprint density at radius 3 is 2.72 bits per heavy atom. The van der Waals surface area contributed by atoms with Crippen molar-refractivity contribution in [3.05, 3.63) is 35.4 Å². The molecular weight excluding hydrogens is 246 g/mol. The van der Waals surface area contributed by atoms with E-state index in [9.17, 15) is 4.79 Å².